The molecular weight excluding hydrogens is 387 g/mol. The number of hydrogen-bond donors (Lipinski definition) is 0. The number of benzene rings is 2. The molecule has 2 heterocycles. The Hall–Kier alpha value is -3.42. The highest BCUT2D eigenvalue weighted by molar-refractivity contribution is 6.30. The summed E-state index contributed by atoms with van der Waals surface area (Å²) in [6, 6.07) is 17.1. The molecule has 29 heavy (non-hydrogen) atoms. The van der Waals surface area contributed by atoms with E-state index in [2.05, 4.69) is 10.9 Å². The summed E-state index contributed by atoms with van der Waals surface area (Å²) in [5.41, 5.74) is 3.34. The number of alkyl halides is 1. The Labute approximate surface area is 172 Å². The number of nitrogens with zero attached hydrogens (tertiary/aromatic N) is 2. The molecule has 2 aromatic carbocycles. The Bertz CT molecular complexity index is 1320. The Morgan fingerprint density at radius 1 is 1.14 bits per heavy atom. The minimum atomic E-state index is -1.42. The molecule has 0 spiro atoms. The largest absolute Gasteiger partial charge is 0.310 e. The number of aromatic nitrogens is 2. The molecule has 0 radical (unpaired) electrons. The van der Waals surface area contributed by atoms with Gasteiger partial charge in [-0.15, -0.1) is 6.42 Å². The van der Waals surface area contributed by atoms with Crippen molar-refractivity contribution < 1.29 is 4.39 Å². The second-order valence-electron chi connectivity index (χ2n) is 6.72. The number of pyridine rings is 2. The van der Waals surface area contributed by atoms with Gasteiger partial charge in [0.2, 0.25) is 0 Å². The monoisotopic (exact) mass is 402 g/mol. The van der Waals surface area contributed by atoms with E-state index in [1.165, 1.54) is 16.8 Å². The first-order valence-corrected chi connectivity index (χ1v) is 9.32. The SMILES string of the molecule is C#Cc1cccc(-c2cc(=O)n(C)c3cnc(C(F)c4ccc(Cl)cc4)cc23)c1. The molecule has 142 valence electrons. The number of terminal acetylenes is 1. The first kappa shape index (κ1) is 18.9. The van der Waals surface area contributed by atoms with Crippen molar-refractivity contribution in [2.45, 2.75) is 6.17 Å². The molecule has 0 saturated carbocycles. The summed E-state index contributed by atoms with van der Waals surface area (Å²) in [4.78, 5) is 16.7. The molecule has 1 unspecified atom stereocenters. The summed E-state index contributed by atoms with van der Waals surface area (Å²) >= 11 is 5.90. The number of fused-ring (bicyclic) bond motifs is 1. The number of rotatable bonds is 3. The van der Waals surface area contributed by atoms with E-state index < -0.39 is 6.17 Å². The maximum atomic E-state index is 15.2. The molecule has 0 N–H and O–H groups in total. The van der Waals surface area contributed by atoms with Crippen LogP contribution in [-0.2, 0) is 7.05 Å². The van der Waals surface area contributed by atoms with Crippen LogP contribution in [0, 0.1) is 12.3 Å². The predicted octanol–water partition coefficient (Wildman–Crippen LogP) is 5.29. The fourth-order valence-corrected chi connectivity index (χ4v) is 3.45. The smallest absolute Gasteiger partial charge is 0.251 e. The van der Waals surface area contributed by atoms with E-state index in [1.54, 1.807) is 37.4 Å². The second-order valence-corrected chi connectivity index (χ2v) is 7.16. The molecule has 3 nitrogen and oxygen atoms in total. The molecule has 0 aliphatic heterocycles. The van der Waals surface area contributed by atoms with Crippen molar-refractivity contribution in [3.8, 4) is 23.5 Å². The average molecular weight is 403 g/mol. The van der Waals surface area contributed by atoms with Crippen molar-refractivity contribution in [2.75, 3.05) is 0 Å². The van der Waals surface area contributed by atoms with Crippen LogP contribution in [0.15, 0.2) is 71.7 Å². The van der Waals surface area contributed by atoms with Crippen LogP contribution < -0.4 is 5.56 Å². The minimum absolute atomic E-state index is 0.178. The highest BCUT2D eigenvalue weighted by Gasteiger charge is 2.17. The van der Waals surface area contributed by atoms with E-state index in [0.717, 1.165) is 10.9 Å². The molecule has 0 fully saturated rings. The summed E-state index contributed by atoms with van der Waals surface area (Å²) in [6.45, 7) is 0. The second kappa shape index (κ2) is 7.54. The van der Waals surface area contributed by atoms with Crippen LogP contribution >= 0.6 is 11.6 Å². The van der Waals surface area contributed by atoms with Crippen LogP contribution in [0.25, 0.3) is 22.0 Å². The summed E-state index contributed by atoms with van der Waals surface area (Å²) in [5.74, 6) is 2.60. The minimum Gasteiger partial charge on any atom is -0.310 e. The van der Waals surface area contributed by atoms with Gasteiger partial charge in [0.1, 0.15) is 0 Å². The molecule has 1 atom stereocenters. The third-order valence-electron chi connectivity index (χ3n) is 4.92. The van der Waals surface area contributed by atoms with Crippen LogP contribution in [0.5, 0.6) is 0 Å². The van der Waals surface area contributed by atoms with Gasteiger partial charge in [0.25, 0.3) is 5.56 Å². The summed E-state index contributed by atoms with van der Waals surface area (Å²) < 4.78 is 16.7. The number of halogens is 2. The maximum Gasteiger partial charge on any atom is 0.251 e. The molecule has 4 aromatic rings. The van der Waals surface area contributed by atoms with Crippen LogP contribution in [0.4, 0.5) is 4.39 Å². The summed E-state index contributed by atoms with van der Waals surface area (Å²) in [5, 5.41) is 1.26. The highest BCUT2D eigenvalue weighted by Crippen LogP contribution is 2.32. The third kappa shape index (κ3) is 3.53. The fourth-order valence-electron chi connectivity index (χ4n) is 3.32. The van der Waals surface area contributed by atoms with Crippen LogP contribution in [0.2, 0.25) is 5.02 Å². The van der Waals surface area contributed by atoms with Gasteiger partial charge in [0.05, 0.1) is 17.4 Å². The Kier molecular flexibility index (Phi) is 4.92. The Morgan fingerprint density at radius 3 is 2.62 bits per heavy atom. The van der Waals surface area contributed by atoms with Gasteiger partial charge in [-0.1, -0.05) is 41.8 Å². The fraction of sp³-hybridized carbons (Fsp3) is 0.0833. The first-order chi connectivity index (χ1) is 14.0. The van der Waals surface area contributed by atoms with E-state index >= 15 is 4.39 Å². The molecular formula is C24H16ClFN2O. The summed E-state index contributed by atoms with van der Waals surface area (Å²) in [6.07, 6.45) is 5.63. The average Bonchev–Trinajstić information content (AvgIpc) is 2.76. The van der Waals surface area contributed by atoms with Gasteiger partial charge in [-0.3, -0.25) is 9.78 Å². The molecule has 0 aliphatic carbocycles. The van der Waals surface area contributed by atoms with Crippen LogP contribution in [-0.4, -0.2) is 9.55 Å². The molecule has 0 aliphatic rings. The number of hydrogen-bond acceptors (Lipinski definition) is 2. The van der Waals surface area contributed by atoms with Gasteiger partial charge < -0.3 is 4.57 Å². The zero-order valence-electron chi connectivity index (χ0n) is 15.6. The van der Waals surface area contributed by atoms with E-state index in [4.69, 9.17) is 18.0 Å². The topological polar surface area (TPSA) is 34.9 Å². The predicted molar refractivity (Wildman–Crippen MR) is 115 cm³/mol. The first-order valence-electron chi connectivity index (χ1n) is 8.94. The van der Waals surface area contributed by atoms with E-state index in [1.807, 2.05) is 24.3 Å². The van der Waals surface area contributed by atoms with Crippen molar-refractivity contribution in [3.05, 3.63) is 99.1 Å². The van der Waals surface area contributed by atoms with Gasteiger partial charge in [-0.25, -0.2) is 4.39 Å². The summed E-state index contributed by atoms with van der Waals surface area (Å²) in [7, 11) is 1.67. The normalized spacial score (nSPS) is 11.9. The van der Waals surface area contributed by atoms with Crippen molar-refractivity contribution in [1.29, 1.82) is 0 Å². The van der Waals surface area contributed by atoms with Crippen molar-refractivity contribution in [2.24, 2.45) is 7.05 Å². The molecule has 0 bridgehead atoms. The lowest BCUT2D eigenvalue weighted by Gasteiger charge is -2.14. The van der Waals surface area contributed by atoms with Gasteiger partial charge in [0.15, 0.2) is 6.17 Å². The van der Waals surface area contributed by atoms with E-state index in [-0.39, 0.29) is 11.3 Å². The Morgan fingerprint density at radius 2 is 1.90 bits per heavy atom. The molecule has 4 rings (SSSR count). The quantitative estimate of drug-likeness (QED) is 0.436. The van der Waals surface area contributed by atoms with Crippen LogP contribution in [0.1, 0.15) is 23.0 Å². The Balaban J connectivity index is 1.93. The molecule has 2 aromatic heterocycles. The number of aryl methyl sites for hydroxylation is 1. The molecule has 5 heteroatoms. The third-order valence-corrected chi connectivity index (χ3v) is 5.17. The lowest BCUT2D eigenvalue weighted by atomic mass is 9.98. The van der Waals surface area contributed by atoms with Crippen LogP contribution in [0.3, 0.4) is 0 Å². The lowest BCUT2D eigenvalue weighted by Crippen LogP contribution is -2.17. The zero-order chi connectivity index (χ0) is 20.5. The van der Waals surface area contributed by atoms with Gasteiger partial charge in [-0.2, -0.15) is 0 Å². The standard InChI is InChI=1S/C24H16ClFN2O/c1-3-15-5-4-6-17(11-15)19-13-23(29)28(2)22-14-27-21(12-20(19)22)24(26)16-7-9-18(25)10-8-16/h1,4-14,24H,2H3. The highest BCUT2D eigenvalue weighted by atomic mass is 35.5. The maximum absolute atomic E-state index is 15.2. The van der Waals surface area contributed by atoms with E-state index in [0.29, 0.717) is 27.2 Å². The molecule has 0 amide bonds. The lowest BCUT2D eigenvalue weighted by molar-refractivity contribution is 0.394. The zero-order valence-corrected chi connectivity index (χ0v) is 16.3. The van der Waals surface area contributed by atoms with Gasteiger partial charge in [0, 0.05) is 29.1 Å². The van der Waals surface area contributed by atoms with Gasteiger partial charge in [-0.05, 0) is 47.0 Å². The molecule has 0 saturated heterocycles. The van der Waals surface area contributed by atoms with Crippen molar-refractivity contribution >= 4 is 22.5 Å². The van der Waals surface area contributed by atoms with Crippen molar-refractivity contribution in [3.63, 3.8) is 0 Å². The van der Waals surface area contributed by atoms with Crippen molar-refractivity contribution in [1.82, 2.24) is 9.55 Å². The van der Waals surface area contributed by atoms with E-state index in [9.17, 15) is 4.79 Å². The van der Waals surface area contributed by atoms with Gasteiger partial charge >= 0.3 is 0 Å².